The number of hydrogen-bond acceptors (Lipinski definition) is 3. The summed E-state index contributed by atoms with van der Waals surface area (Å²) in [5.41, 5.74) is 2.18. The highest BCUT2D eigenvalue weighted by Gasteiger charge is 2.14. The second-order valence-corrected chi connectivity index (χ2v) is 5.06. The van der Waals surface area contributed by atoms with Gasteiger partial charge in [0.25, 0.3) is 5.91 Å². The van der Waals surface area contributed by atoms with Crippen LogP contribution in [0, 0.1) is 0 Å². The molecule has 0 aliphatic heterocycles. The number of aromatic nitrogens is 2. The van der Waals surface area contributed by atoms with Gasteiger partial charge in [0.1, 0.15) is 17.1 Å². The number of nitrogens with zero attached hydrogens (tertiary/aromatic N) is 2. The molecular formula is C17H17N3O2. The molecule has 1 N–H and O–H groups in total. The van der Waals surface area contributed by atoms with Crippen molar-refractivity contribution in [2.45, 2.75) is 13.0 Å². The topological polar surface area (TPSA) is 55.6 Å². The van der Waals surface area contributed by atoms with E-state index in [-0.39, 0.29) is 11.9 Å². The van der Waals surface area contributed by atoms with E-state index in [2.05, 4.69) is 10.3 Å². The standard InChI is InChI=1S/C17H17N3O2/c1-12(13-6-8-14(22-2)9-7-13)18-17(21)15-11-20-10-4-3-5-16(20)19-15/h3-12H,1-2H3,(H,18,21)/t12-/m1/s1. The third-order valence-electron chi connectivity index (χ3n) is 3.56. The molecule has 112 valence electrons. The van der Waals surface area contributed by atoms with E-state index < -0.39 is 0 Å². The molecule has 0 fully saturated rings. The lowest BCUT2D eigenvalue weighted by Gasteiger charge is -2.13. The van der Waals surface area contributed by atoms with Crippen LogP contribution in [0.5, 0.6) is 5.75 Å². The minimum absolute atomic E-state index is 0.108. The summed E-state index contributed by atoms with van der Waals surface area (Å²) in [6.07, 6.45) is 3.59. The van der Waals surface area contributed by atoms with Crippen molar-refractivity contribution >= 4 is 11.6 Å². The van der Waals surface area contributed by atoms with Crippen molar-refractivity contribution in [2.75, 3.05) is 7.11 Å². The SMILES string of the molecule is COc1ccc([C@@H](C)NC(=O)c2cn3ccccc3n2)cc1. The lowest BCUT2D eigenvalue weighted by Crippen LogP contribution is -2.26. The number of ether oxygens (including phenoxy) is 1. The smallest absolute Gasteiger partial charge is 0.271 e. The number of benzene rings is 1. The van der Waals surface area contributed by atoms with E-state index in [1.165, 1.54) is 0 Å². The zero-order valence-corrected chi connectivity index (χ0v) is 12.5. The van der Waals surface area contributed by atoms with E-state index in [0.29, 0.717) is 5.69 Å². The number of pyridine rings is 1. The van der Waals surface area contributed by atoms with Gasteiger partial charge in [-0.15, -0.1) is 0 Å². The minimum Gasteiger partial charge on any atom is -0.497 e. The van der Waals surface area contributed by atoms with Gasteiger partial charge in [0.05, 0.1) is 13.2 Å². The minimum atomic E-state index is -0.188. The van der Waals surface area contributed by atoms with Crippen molar-refractivity contribution in [3.05, 3.63) is 66.1 Å². The number of imidazole rings is 1. The van der Waals surface area contributed by atoms with Crippen LogP contribution in [0.4, 0.5) is 0 Å². The van der Waals surface area contributed by atoms with Gasteiger partial charge in [0.15, 0.2) is 0 Å². The summed E-state index contributed by atoms with van der Waals surface area (Å²) in [5.74, 6) is 0.606. The van der Waals surface area contributed by atoms with Gasteiger partial charge in [-0.05, 0) is 36.8 Å². The first kappa shape index (κ1) is 14.1. The van der Waals surface area contributed by atoms with Gasteiger partial charge >= 0.3 is 0 Å². The molecule has 0 saturated heterocycles. The molecule has 0 radical (unpaired) electrons. The van der Waals surface area contributed by atoms with Crippen LogP contribution >= 0.6 is 0 Å². The second kappa shape index (κ2) is 5.89. The first-order valence-corrected chi connectivity index (χ1v) is 7.06. The summed E-state index contributed by atoms with van der Waals surface area (Å²) >= 11 is 0. The largest absolute Gasteiger partial charge is 0.497 e. The van der Waals surface area contributed by atoms with Crippen molar-refractivity contribution in [3.63, 3.8) is 0 Å². The van der Waals surface area contributed by atoms with E-state index in [0.717, 1.165) is 17.0 Å². The van der Waals surface area contributed by atoms with Gasteiger partial charge in [0, 0.05) is 12.4 Å². The van der Waals surface area contributed by atoms with Gasteiger partial charge in [0.2, 0.25) is 0 Å². The Morgan fingerprint density at radius 3 is 2.68 bits per heavy atom. The average molecular weight is 295 g/mol. The zero-order valence-electron chi connectivity index (χ0n) is 12.5. The van der Waals surface area contributed by atoms with E-state index >= 15 is 0 Å². The van der Waals surface area contributed by atoms with E-state index in [1.807, 2.05) is 60.0 Å². The summed E-state index contributed by atoms with van der Waals surface area (Å²) in [7, 11) is 1.63. The van der Waals surface area contributed by atoms with E-state index in [9.17, 15) is 4.79 Å². The quantitative estimate of drug-likeness (QED) is 0.805. The van der Waals surface area contributed by atoms with Crippen LogP contribution in [-0.4, -0.2) is 22.4 Å². The molecule has 0 unspecified atom stereocenters. The number of methoxy groups -OCH3 is 1. The molecule has 5 nitrogen and oxygen atoms in total. The van der Waals surface area contributed by atoms with Crippen LogP contribution in [0.2, 0.25) is 0 Å². The van der Waals surface area contributed by atoms with E-state index in [4.69, 9.17) is 4.74 Å². The Hall–Kier alpha value is -2.82. The van der Waals surface area contributed by atoms with Gasteiger partial charge in [-0.2, -0.15) is 0 Å². The molecule has 0 bridgehead atoms. The third-order valence-corrected chi connectivity index (χ3v) is 3.56. The summed E-state index contributed by atoms with van der Waals surface area (Å²) < 4.78 is 6.96. The highest BCUT2D eigenvalue weighted by molar-refractivity contribution is 5.93. The molecule has 5 heteroatoms. The summed E-state index contributed by atoms with van der Waals surface area (Å²) in [6, 6.07) is 13.2. The Labute approximate surface area is 128 Å². The Kier molecular flexibility index (Phi) is 3.78. The van der Waals surface area contributed by atoms with Gasteiger partial charge in [-0.1, -0.05) is 18.2 Å². The first-order valence-electron chi connectivity index (χ1n) is 7.06. The molecule has 0 spiro atoms. The molecule has 1 amide bonds. The number of rotatable bonds is 4. The van der Waals surface area contributed by atoms with Crippen molar-refractivity contribution in [1.29, 1.82) is 0 Å². The van der Waals surface area contributed by atoms with Crippen LogP contribution < -0.4 is 10.1 Å². The van der Waals surface area contributed by atoms with Gasteiger partial charge in [-0.3, -0.25) is 4.79 Å². The molecule has 3 aromatic rings. The molecule has 1 aromatic carbocycles. The van der Waals surface area contributed by atoms with Crippen LogP contribution in [0.1, 0.15) is 29.0 Å². The van der Waals surface area contributed by atoms with Gasteiger partial charge < -0.3 is 14.5 Å². The Balaban J connectivity index is 1.74. The fraction of sp³-hybridized carbons (Fsp3) is 0.176. The summed E-state index contributed by atoms with van der Waals surface area (Å²) in [4.78, 5) is 16.6. The average Bonchev–Trinajstić information content (AvgIpc) is 2.99. The Bertz CT molecular complexity index is 760. The van der Waals surface area contributed by atoms with E-state index in [1.54, 1.807) is 13.3 Å². The molecule has 22 heavy (non-hydrogen) atoms. The van der Waals surface area contributed by atoms with Crippen molar-refractivity contribution in [2.24, 2.45) is 0 Å². The molecule has 0 aliphatic carbocycles. The maximum absolute atomic E-state index is 12.3. The maximum Gasteiger partial charge on any atom is 0.271 e. The highest BCUT2D eigenvalue weighted by atomic mass is 16.5. The molecule has 1 atom stereocenters. The van der Waals surface area contributed by atoms with Crippen LogP contribution in [-0.2, 0) is 0 Å². The number of carbonyl (C=O) groups excluding carboxylic acids is 1. The predicted octanol–water partition coefficient (Wildman–Crippen LogP) is 2.83. The molecule has 3 rings (SSSR count). The summed E-state index contributed by atoms with van der Waals surface area (Å²) in [6.45, 7) is 1.94. The zero-order chi connectivity index (χ0) is 15.5. The number of nitrogens with one attached hydrogen (secondary N) is 1. The highest BCUT2D eigenvalue weighted by Crippen LogP contribution is 2.17. The predicted molar refractivity (Wildman–Crippen MR) is 84.1 cm³/mol. The summed E-state index contributed by atoms with van der Waals surface area (Å²) in [5, 5.41) is 2.96. The third kappa shape index (κ3) is 2.79. The first-order chi connectivity index (χ1) is 10.7. The molecule has 2 aromatic heterocycles. The fourth-order valence-corrected chi connectivity index (χ4v) is 2.29. The lowest BCUT2D eigenvalue weighted by molar-refractivity contribution is 0.0935. The normalized spacial score (nSPS) is 12.1. The number of fused-ring (bicyclic) bond motifs is 1. The molecule has 2 heterocycles. The number of hydrogen-bond donors (Lipinski definition) is 1. The monoisotopic (exact) mass is 295 g/mol. The lowest BCUT2D eigenvalue weighted by atomic mass is 10.1. The number of amides is 1. The Morgan fingerprint density at radius 2 is 2.00 bits per heavy atom. The Morgan fingerprint density at radius 1 is 1.23 bits per heavy atom. The molecule has 0 saturated carbocycles. The second-order valence-electron chi connectivity index (χ2n) is 5.06. The number of carbonyl (C=O) groups is 1. The van der Waals surface area contributed by atoms with Crippen LogP contribution in [0.15, 0.2) is 54.9 Å². The fourth-order valence-electron chi connectivity index (χ4n) is 2.29. The van der Waals surface area contributed by atoms with Crippen molar-refractivity contribution in [1.82, 2.24) is 14.7 Å². The van der Waals surface area contributed by atoms with Crippen molar-refractivity contribution in [3.8, 4) is 5.75 Å². The van der Waals surface area contributed by atoms with Crippen LogP contribution in [0.3, 0.4) is 0 Å². The van der Waals surface area contributed by atoms with Crippen molar-refractivity contribution < 1.29 is 9.53 Å². The van der Waals surface area contributed by atoms with Gasteiger partial charge in [-0.25, -0.2) is 4.98 Å². The molecular weight excluding hydrogens is 278 g/mol. The maximum atomic E-state index is 12.3. The van der Waals surface area contributed by atoms with Crippen LogP contribution in [0.25, 0.3) is 5.65 Å². The molecule has 0 aliphatic rings.